The third-order valence-electron chi connectivity index (χ3n) is 7.93. The number of nitrogens with zero attached hydrogens (tertiary/aromatic N) is 3. The molecule has 0 unspecified atom stereocenters. The molecular formula is C30H38ClN3O2. The smallest absolute Gasteiger partial charge is 0.230 e. The zero-order valence-corrected chi connectivity index (χ0v) is 22.0. The van der Waals surface area contributed by atoms with Gasteiger partial charge in [0.2, 0.25) is 11.8 Å². The molecule has 36 heavy (non-hydrogen) atoms. The van der Waals surface area contributed by atoms with Gasteiger partial charge in [-0.05, 0) is 67.9 Å². The first-order valence-corrected chi connectivity index (χ1v) is 14.1. The lowest BCUT2D eigenvalue weighted by molar-refractivity contribution is -0.136. The summed E-state index contributed by atoms with van der Waals surface area (Å²) in [6, 6.07) is 16.3. The Balaban J connectivity index is 1.40. The van der Waals surface area contributed by atoms with Crippen LogP contribution in [0.5, 0.6) is 0 Å². The first-order valence-electron chi connectivity index (χ1n) is 13.7. The van der Waals surface area contributed by atoms with Crippen molar-refractivity contribution in [2.24, 2.45) is 11.8 Å². The van der Waals surface area contributed by atoms with E-state index in [-0.39, 0.29) is 17.7 Å². The van der Waals surface area contributed by atoms with Crippen LogP contribution in [0.15, 0.2) is 48.5 Å². The molecule has 2 aromatic rings. The molecule has 2 aliphatic carbocycles. The first kappa shape index (κ1) is 25.3. The maximum atomic E-state index is 13.6. The summed E-state index contributed by atoms with van der Waals surface area (Å²) in [5, 5.41) is 0.751. The quantitative estimate of drug-likeness (QED) is 0.517. The summed E-state index contributed by atoms with van der Waals surface area (Å²) in [4.78, 5) is 33.5. The minimum atomic E-state index is 0.152. The van der Waals surface area contributed by atoms with Crippen molar-refractivity contribution in [3.05, 3.63) is 64.7 Å². The van der Waals surface area contributed by atoms with Gasteiger partial charge in [-0.15, -0.1) is 0 Å². The van der Waals surface area contributed by atoms with E-state index in [0.29, 0.717) is 19.0 Å². The van der Waals surface area contributed by atoms with Crippen molar-refractivity contribution in [2.75, 3.05) is 31.1 Å². The van der Waals surface area contributed by atoms with Gasteiger partial charge in [0.15, 0.2) is 0 Å². The van der Waals surface area contributed by atoms with Crippen molar-refractivity contribution in [2.45, 2.75) is 64.5 Å². The molecular weight excluding hydrogens is 470 g/mol. The second-order valence-corrected chi connectivity index (χ2v) is 11.2. The molecule has 1 heterocycles. The summed E-state index contributed by atoms with van der Waals surface area (Å²) in [6.07, 6.45) is 8.17. The highest BCUT2D eigenvalue weighted by molar-refractivity contribution is 6.30. The maximum Gasteiger partial charge on any atom is 0.230 e. The first-order chi connectivity index (χ1) is 17.6. The van der Waals surface area contributed by atoms with Gasteiger partial charge >= 0.3 is 0 Å². The monoisotopic (exact) mass is 507 g/mol. The summed E-state index contributed by atoms with van der Waals surface area (Å²) in [5.74, 6) is 0.855. The van der Waals surface area contributed by atoms with Gasteiger partial charge in [0.25, 0.3) is 0 Å². The average Bonchev–Trinajstić information content (AvgIpc) is 3.59. The molecule has 0 N–H and O–H groups in total. The minimum Gasteiger partial charge on any atom is -0.338 e. The van der Waals surface area contributed by atoms with Gasteiger partial charge in [-0.2, -0.15) is 0 Å². The average molecular weight is 508 g/mol. The van der Waals surface area contributed by atoms with Crippen LogP contribution in [0.2, 0.25) is 5.02 Å². The third-order valence-corrected chi connectivity index (χ3v) is 8.18. The van der Waals surface area contributed by atoms with E-state index in [1.54, 1.807) is 0 Å². The van der Waals surface area contributed by atoms with Crippen LogP contribution in [0.1, 0.15) is 62.5 Å². The van der Waals surface area contributed by atoms with Crippen LogP contribution in [-0.2, 0) is 22.7 Å². The van der Waals surface area contributed by atoms with Gasteiger partial charge in [-0.1, -0.05) is 54.8 Å². The van der Waals surface area contributed by atoms with Crippen molar-refractivity contribution in [3.8, 4) is 0 Å². The molecule has 0 radical (unpaired) electrons. The number of halogens is 1. The Kier molecular flexibility index (Phi) is 8.28. The zero-order chi connectivity index (χ0) is 24.9. The molecule has 0 atom stereocenters. The summed E-state index contributed by atoms with van der Waals surface area (Å²) in [5.41, 5.74) is 3.32. The van der Waals surface area contributed by atoms with E-state index >= 15 is 0 Å². The lowest BCUT2D eigenvalue weighted by atomic mass is 10.0. The van der Waals surface area contributed by atoms with Crippen molar-refractivity contribution in [1.29, 1.82) is 0 Å². The SMILES string of the molecule is O=C(C1CCCC1)N1CCCN(Cc2ccc(Cl)cc2)CCCN(C(=O)C2CC2)c2ccccc2C1. The van der Waals surface area contributed by atoms with Crippen LogP contribution in [0.25, 0.3) is 0 Å². The van der Waals surface area contributed by atoms with Gasteiger partial charge in [0.1, 0.15) is 0 Å². The maximum absolute atomic E-state index is 13.6. The highest BCUT2D eigenvalue weighted by Crippen LogP contribution is 2.35. The number of fused-ring (bicyclic) bond motifs is 1. The normalized spacial score (nSPS) is 20.5. The molecule has 0 spiro atoms. The van der Waals surface area contributed by atoms with Gasteiger partial charge < -0.3 is 9.80 Å². The van der Waals surface area contributed by atoms with Crippen LogP contribution in [-0.4, -0.2) is 47.8 Å². The fraction of sp³-hybridized carbons (Fsp3) is 0.533. The van der Waals surface area contributed by atoms with Crippen LogP contribution in [0, 0.1) is 11.8 Å². The molecule has 0 saturated heterocycles. The molecule has 2 saturated carbocycles. The van der Waals surface area contributed by atoms with Gasteiger partial charge in [0.05, 0.1) is 0 Å². The van der Waals surface area contributed by atoms with Crippen molar-refractivity contribution in [3.63, 3.8) is 0 Å². The number of hydrogen-bond donors (Lipinski definition) is 0. The summed E-state index contributed by atoms with van der Waals surface area (Å²) >= 11 is 6.10. The standard InChI is InChI=1S/C30H38ClN3O2/c31-27-15-11-23(12-16-27)21-32-17-5-19-33(29(35)24-7-1-2-8-24)22-26-9-3-4-10-28(26)34(20-6-18-32)30(36)25-13-14-25/h3-4,9-12,15-16,24-25H,1-2,5-8,13-14,17-22H2. The van der Waals surface area contributed by atoms with Crippen molar-refractivity contribution in [1.82, 2.24) is 9.80 Å². The zero-order valence-electron chi connectivity index (χ0n) is 21.2. The minimum absolute atomic E-state index is 0.152. The Morgan fingerprint density at radius 3 is 2.14 bits per heavy atom. The van der Waals surface area contributed by atoms with Crippen molar-refractivity contribution >= 4 is 29.1 Å². The number of benzene rings is 2. The van der Waals surface area contributed by atoms with Gasteiger partial charge in [-0.25, -0.2) is 0 Å². The predicted octanol–water partition coefficient (Wildman–Crippen LogP) is 5.90. The fourth-order valence-electron chi connectivity index (χ4n) is 5.77. The molecule has 2 amide bonds. The number of carbonyl (C=O) groups is 2. The number of para-hydroxylation sites is 1. The number of carbonyl (C=O) groups excluding carboxylic acids is 2. The topological polar surface area (TPSA) is 43.9 Å². The fourth-order valence-corrected chi connectivity index (χ4v) is 5.89. The van der Waals surface area contributed by atoms with Crippen molar-refractivity contribution < 1.29 is 9.59 Å². The van der Waals surface area contributed by atoms with Crippen LogP contribution in [0.3, 0.4) is 0 Å². The van der Waals surface area contributed by atoms with E-state index < -0.39 is 0 Å². The van der Waals surface area contributed by atoms with E-state index in [1.165, 1.54) is 5.56 Å². The lowest BCUT2D eigenvalue weighted by Crippen LogP contribution is -2.40. The summed E-state index contributed by atoms with van der Waals surface area (Å²) in [7, 11) is 0. The highest BCUT2D eigenvalue weighted by atomic mass is 35.5. The second kappa shape index (κ2) is 11.8. The van der Waals surface area contributed by atoms with Crippen LogP contribution >= 0.6 is 11.6 Å². The Labute approximate surface area is 220 Å². The number of rotatable bonds is 4. The van der Waals surface area contributed by atoms with E-state index in [0.717, 1.165) is 93.8 Å². The molecule has 5 nitrogen and oxygen atoms in total. The Hall–Kier alpha value is -2.37. The molecule has 1 aliphatic heterocycles. The van der Waals surface area contributed by atoms with E-state index in [9.17, 15) is 9.59 Å². The molecule has 2 fully saturated rings. The van der Waals surface area contributed by atoms with Gasteiger partial charge in [0, 0.05) is 61.8 Å². The molecule has 0 bridgehead atoms. The molecule has 192 valence electrons. The molecule has 5 rings (SSSR count). The third kappa shape index (κ3) is 6.30. The van der Waals surface area contributed by atoms with Crippen LogP contribution in [0.4, 0.5) is 5.69 Å². The second-order valence-electron chi connectivity index (χ2n) is 10.7. The lowest BCUT2D eigenvalue weighted by Gasteiger charge is -2.32. The number of anilines is 1. The van der Waals surface area contributed by atoms with Gasteiger partial charge in [-0.3, -0.25) is 14.5 Å². The summed E-state index contributed by atoms with van der Waals surface area (Å²) < 4.78 is 0. The predicted molar refractivity (Wildman–Crippen MR) is 145 cm³/mol. The summed E-state index contributed by atoms with van der Waals surface area (Å²) in [6.45, 7) is 4.72. The number of amides is 2. The van der Waals surface area contributed by atoms with E-state index in [2.05, 4.69) is 34.1 Å². The molecule has 3 aliphatic rings. The molecule has 6 heteroatoms. The largest absolute Gasteiger partial charge is 0.338 e. The van der Waals surface area contributed by atoms with Crippen LogP contribution < -0.4 is 4.90 Å². The molecule has 2 aromatic carbocycles. The Morgan fingerprint density at radius 1 is 0.750 bits per heavy atom. The highest BCUT2D eigenvalue weighted by Gasteiger charge is 2.35. The van der Waals surface area contributed by atoms with E-state index in [1.807, 2.05) is 29.2 Å². The van der Waals surface area contributed by atoms with E-state index in [4.69, 9.17) is 11.6 Å². The Morgan fingerprint density at radius 2 is 1.42 bits per heavy atom. The number of hydrogen-bond acceptors (Lipinski definition) is 3. The Bertz CT molecular complexity index is 1050. The molecule has 0 aromatic heterocycles.